The van der Waals surface area contributed by atoms with Gasteiger partial charge in [-0.2, -0.15) is 18.2 Å². The summed E-state index contributed by atoms with van der Waals surface area (Å²) in [6.45, 7) is 1.53. The van der Waals surface area contributed by atoms with Crippen LogP contribution in [0, 0.1) is 5.92 Å². The molecule has 26 heavy (non-hydrogen) atoms. The number of amides is 1. The van der Waals surface area contributed by atoms with E-state index in [9.17, 15) is 18.0 Å². The van der Waals surface area contributed by atoms with Crippen molar-refractivity contribution in [1.29, 1.82) is 0 Å². The summed E-state index contributed by atoms with van der Waals surface area (Å²) in [5.74, 6) is -1.23. The lowest BCUT2D eigenvalue weighted by molar-refractivity contribution is -0.159. The van der Waals surface area contributed by atoms with Crippen LogP contribution in [0.2, 0.25) is 0 Å². The Morgan fingerprint density at radius 2 is 1.88 bits per heavy atom. The van der Waals surface area contributed by atoms with Crippen molar-refractivity contribution in [2.45, 2.75) is 31.6 Å². The van der Waals surface area contributed by atoms with Gasteiger partial charge in [0.1, 0.15) is 0 Å². The first-order valence-corrected chi connectivity index (χ1v) is 8.30. The summed E-state index contributed by atoms with van der Waals surface area (Å²) in [6, 6.07) is 6.85. The number of hydrogen-bond acceptors (Lipinski definition) is 5. The van der Waals surface area contributed by atoms with Crippen LogP contribution in [0.25, 0.3) is 11.4 Å². The lowest BCUT2D eigenvalue weighted by Crippen LogP contribution is -2.51. The molecule has 2 fully saturated rings. The Morgan fingerprint density at radius 1 is 1.19 bits per heavy atom. The van der Waals surface area contributed by atoms with Gasteiger partial charge in [0.25, 0.3) is 0 Å². The maximum absolute atomic E-state index is 12.5. The van der Waals surface area contributed by atoms with Crippen LogP contribution in [0.15, 0.2) is 28.8 Å². The lowest BCUT2D eigenvalue weighted by atomic mass is 10.1. The van der Waals surface area contributed by atoms with E-state index in [-0.39, 0.29) is 23.7 Å². The van der Waals surface area contributed by atoms with Crippen molar-refractivity contribution >= 4 is 5.91 Å². The quantitative estimate of drug-likeness (QED) is 0.813. The molecule has 1 saturated heterocycles. The minimum Gasteiger partial charge on any atom is -0.377 e. The molecule has 1 aromatic carbocycles. The summed E-state index contributed by atoms with van der Waals surface area (Å²) in [7, 11) is 0. The molecule has 0 spiro atoms. The van der Waals surface area contributed by atoms with E-state index in [0.717, 1.165) is 18.4 Å². The molecule has 2 aromatic rings. The minimum absolute atomic E-state index is 0.0920. The zero-order valence-electron chi connectivity index (χ0n) is 13.7. The monoisotopic (exact) mass is 367 g/mol. The third kappa shape index (κ3) is 3.44. The Balaban J connectivity index is 1.48. The fourth-order valence-electron chi connectivity index (χ4n) is 2.77. The fraction of sp³-hybridized carbons (Fsp3) is 0.471. The van der Waals surface area contributed by atoms with Crippen LogP contribution < -0.4 is 0 Å². The summed E-state index contributed by atoms with van der Waals surface area (Å²) in [5.41, 5.74) is 1.30. The largest absolute Gasteiger partial charge is 0.471 e. The smallest absolute Gasteiger partial charge is 0.377 e. The van der Waals surface area contributed by atoms with Crippen molar-refractivity contribution in [3.05, 3.63) is 35.7 Å². The molecule has 0 atom stereocenters. The number of benzene rings is 1. The number of nitrogens with zero attached hydrogens (tertiary/aromatic N) is 3. The summed E-state index contributed by atoms with van der Waals surface area (Å²) >= 11 is 0. The van der Waals surface area contributed by atoms with Crippen LogP contribution in [-0.4, -0.2) is 40.2 Å². The normalized spacial score (nSPS) is 17.8. The minimum atomic E-state index is -4.67. The molecule has 0 unspecified atom stereocenters. The fourth-order valence-corrected chi connectivity index (χ4v) is 2.77. The number of aromatic nitrogens is 2. The number of carbonyl (C=O) groups is 1. The van der Waals surface area contributed by atoms with Gasteiger partial charge in [-0.25, -0.2) is 0 Å². The number of hydrogen-bond donors (Lipinski definition) is 0. The van der Waals surface area contributed by atoms with Gasteiger partial charge in [-0.1, -0.05) is 29.4 Å². The molecular weight excluding hydrogens is 351 g/mol. The Bertz CT molecular complexity index is 796. The summed E-state index contributed by atoms with van der Waals surface area (Å²) in [5, 5.41) is 3.37. The standard InChI is InChI=1S/C17H16F3N3O3/c18-17(19,20)16-21-14(22-26-16)11-3-1-10(2-4-11)7-23(13-8-25-9-13)15(24)12-5-6-12/h1-4,12-13H,5-9H2. The third-order valence-electron chi connectivity index (χ3n) is 4.50. The molecule has 1 amide bonds. The van der Waals surface area contributed by atoms with E-state index >= 15 is 0 Å². The zero-order chi connectivity index (χ0) is 18.3. The van der Waals surface area contributed by atoms with Gasteiger partial charge in [0.15, 0.2) is 0 Å². The van der Waals surface area contributed by atoms with E-state index in [1.165, 1.54) is 0 Å². The highest BCUT2D eigenvalue weighted by Gasteiger charge is 2.39. The molecule has 4 rings (SSSR count). The molecule has 6 nitrogen and oxygen atoms in total. The summed E-state index contributed by atoms with van der Waals surface area (Å²) in [4.78, 5) is 17.7. The third-order valence-corrected chi connectivity index (χ3v) is 4.50. The van der Waals surface area contributed by atoms with Crippen molar-refractivity contribution in [2.75, 3.05) is 13.2 Å². The molecule has 1 saturated carbocycles. The highest BCUT2D eigenvalue weighted by molar-refractivity contribution is 5.81. The molecular formula is C17H16F3N3O3. The van der Waals surface area contributed by atoms with E-state index < -0.39 is 12.1 Å². The van der Waals surface area contributed by atoms with Crippen LogP contribution >= 0.6 is 0 Å². The number of ether oxygens (including phenoxy) is 1. The molecule has 0 bridgehead atoms. The van der Waals surface area contributed by atoms with Gasteiger partial charge >= 0.3 is 12.1 Å². The summed E-state index contributed by atoms with van der Waals surface area (Å²) < 4.78 is 47.1. The first-order chi connectivity index (χ1) is 12.4. The van der Waals surface area contributed by atoms with Crippen LogP contribution in [-0.2, 0) is 22.3 Å². The second-order valence-corrected chi connectivity index (χ2v) is 6.55. The van der Waals surface area contributed by atoms with Gasteiger partial charge in [0.2, 0.25) is 11.7 Å². The van der Waals surface area contributed by atoms with E-state index in [0.29, 0.717) is 25.3 Å². The van der Waals surface area contributed by atoms with Crippen LogP contribution in [0.4, 0.5) is 13.2 Å². The predicted molar refractivity (Wildman–Crippen MR) is 82.6 cm³/mol. The van der Waals surface area contributed by atoms with Crippen molar-refractivity contribution < 1.29 is 27.2 Å². The van der Waals surface area contributed by atoms with E-state index in [1.807, 2.05) is 4.90 Å². The zero-order valence-corrected chi connectivity index (χ0v) is 13.7. The molecule has 0 N–H and O–H groups in total. The number of rotatable bonds is 5. The molecule has 0 radical (unpaired) electrons. The van der Waals surface area contributed by atoms with Crippen molar-refractivity contribution in [3.63, 3.8) is 0 Å². The topological polar surface area (TPSA) is 68.5 Å². The Morgan fingerprint density at radius 3 is 2.38 bits per heavy atom. The molecule has 1 aliphatic carbocycles. The first kappa shape index (κ1) is 17.0. The predicted octanol–water partition coefficient (Wildman–Crippen LogP) is 2.89. The molecule has 1 aliphatic heterocycles. The second-order valence-electron chi connectivity index (χ2n) is 6.55. The van der Waals surface area contributed by atoms with Gasteiger partial charge < -0.3 is 14.2 Å². The van der Waals surface area contributed by atoms with Crippen LogP contribution in [0.3, 0.4) is 0 Å². The van der Waals surface area contributed by atoms with Crippen molar-refractivity contribution in [3.8, 4) is 11.4 Å². The SMILES string of the molecule is O=C(C1CC1)N(Cc1ccc(-c2noc(C(F)(F)F)n2)cc1)C1COC1. The molecule has 1 aromatic heterocycles. The number of halogens is 3. The van der Waals surface area contributed by atoms with Crippen molar-refractivity contribution in [2.24, 2.45) is 5.92 Å². The summed E-state index contributed by atoms with van der Waals surface area (Å²) in [6.07, 6.45) is -2.80. The maximum atomic E-state index is 12.5. The van der Waals surface area contributed by atoms with E-state index in [2.05, 4.69) is 14.7 Å². The van der Waals surface area contributed by atoms with Crippen molar-refractivity contribution in [1.82, 2.24) is 15.0 Å². The molecule has 138 valence electrons. The number of alkyl halides is 3. The van der Waals surface area contributed by atoms with Gasteiger partial charge in [-0.15, -0.1) is 0 Å². The molecule has 2 heterocycles. The van der Waals surface area contributed by atoms with Gasteiger partial charge in [0, 0.05) is 18.0 Å². The van der Waals surface area contributed by atoms with Gasteiger partial charge in [-0.3, -0.25) is 4.79 Å². The van der Waals surface area contributed by atoms with Gasteiger partial charge in [0.05, 0.1) is 19.3 Å². The van der Waals surface area contributed by atoms with E-state index in [1.54, 1.807) is 24.3 Å². The second kappa shape index (κ2) is 6.39. The van der Waals surface area contributed by atoms with Crippen LogP contribution in [0.5, 0.6) is 0 Å². The van der Waals surface area contributed by atoms with Crippen LogP contribution in [0.1, 0.15) is 24.3 Å². The highest BCUT2D eigenvalue weighted by atomic mass is 19.4. The Labute approximate surface area is 146 Å². The Kier molecular flexibility index (Phi) is 4.18. The lowest BCUT2D eigenvalue weighted by Gasteiger charge is -2.37. The highest BCUT2D eigenvalue weighted by Crippen LogP contribution is 2.33. The van der Waals surface area contributed by atoms with E-state index in [4.69, 9.17) is 4.74 Å². The average Bonchev–Trinajstić information content (AvgIpc) is 3.27. The molecule has 9 heteroatoms. The average molecular weight is 367 g/mol. The Hall–Kier alpha value is -2.42. The molecule has 2 aliphatic rings. The number of carbonyl (C=O) groups excluding carboxylic acids is 1. The van der Waals surface area contributed by atoms with Gasteiger partial charge in [-0.05, 0) is 18.4 Å². The maximum Gasteiger partial charge on any atom is 0.471 e. The first-order valence-electron chi connectivity index (χ1n) is 8.30.